The molecule has 0 saturated carbocycles. The number of urea groups is 1. The highest BCUT2D eigenvalue weighted by Gasteiger charge is 2.19. The first kappa shape index (κ1) is 11.1. The Morgan fingerprint density at radius 3 is 3.07 bits per heavy atom. The number of hydrogen-bond donors (Lipinski definition) is 2. The van der Waals surface area contributed by atoms with Gasteiger partial charge in [0.15, 0.2) is 0 Å². The van der Waals surface area contributed by atoms with E-state index in [0.717, 1.165) is 19.6 Å². The van der Waals surface area contributed by atoms with E-state index in [9.17, 15) is 4.79 Å². The maximum Gasteiger partial charge on any atom is 0.315 e. The highest BCUT2D eigenvalue weighted by molar-refractivity contribution is 7.99. The lowest BCUT2D eigenvalue weighted by Gasteiger charge is -2.14. The molecule has 0 aromatic heterocycles. The molecule has 0 aromatic carbocycles. The van der Waals surface area contributed by atoms with Crippen LogP contribution in [0.25, 0.3) is 0 Å². The van der Waals surface area contributed by atoms with Crippen LogP contribution >= 0.6 is 11.8 Å². The Kier molecular flexibility index (Phi) is 4.14. The van der Waals surface area contributed by atoms with Crippen molar-refractivity contribution in [3.05, 3.63) is 0 Å². The molecule has 2 saturated heterocycles. The van der Waals surface area contributed by atoms with Crippen molar-refractivity contribution in [2.24, 2.45) is 5.92 Å². The lowest BCUT2D eigenvalue weighted by Crippen LogP contribution is -2.43. The second-order valence-electron chi connectivity index (χ2n) is 4.14. The van der Waals surface area contributed by atoms with E-state index in [4.69, 9.17) is 4.74 Å². The van der Waals surface area contributed by atoms with Gasteiger partial charge in [-0.1, -0.05) is 0 Å². The third kappa shape index (κ3) is 3.57. The van der Waals surface area contributed by atoms with Gasteiger partial charge < -0.3 is 15.4 Å². The second kappa shape index (κ2) is 5.61. The minimum absolute atomic E-state index is 0.0394. The topological polar surface area (TPSA) is 50.4 Å². The normalized spacial score (nSPS) is 30.4. The monoisotopic (exact) mass is 230 g/mol. The summed E-state index contributed by atoms with van der Waals surface area (Å²) < 4.78 is 5.19. The van der Waals surface area contributed by atoms with Crippen LogP contribution in [0.1, 0.15) is 12.8 Å². The predicted octanol–water partition coefficient (Wildman–Crippen LogP) is 0.828. The first-order valence-corrected chi connectivity index (χ1v) is 6.70. The van der Waals surface area contributed by atoms with E-state index in [0.29, 0.717) is 12.5 Å². The number of nitrogens with one attached hydrogen (secondary N) is 2. The average Bonchev–Trinajstić information content (AvgIpc) is 2.86. The molecule has 2 N–H and O–H groups in total. The quantitative estimate of drug-likeness (QED) is 0.755. The van der Waals surface area contributed by atoms with Crippen LogP contribution in [-0.4, -0.2) is 43.3 Å². The van der Waals surface area contributed by atoms with Gasteiger partial charge in [0.1, 0.15) is 0 Å². The van der Waals surface area contributed by atoms with Crippen LogP contribution in [0.5, 0.6) is 0 Å². The maximum atomic E-state index is 11.5. The Balaban J connectivity index is 1.59. The first-order valence-electron chi connectivity index (χ1n) is 5.54. The van der Waals surface area contributed by atoms with Crippen molar-refractivity contribution in [3.8, 4) is 0 Å². The number of hydrogen-bond acceptors (Lipinski definition) is 3. The van der Waals surface area contributed by atoms with Crippen LogP contribution in [0.3, 0.4) is 0 Å². The summed E-state index contributed by atoms with van der Waals surface area (Å²) in [6, 6.07) is 0.172. The third-order valence-electron chi connectivity index (χ3n) is 2.84. The lowest BCUT2D eigenvalue weighted by molar-refractivity contribution is 0.188. The molecule has 86 valence electrons. The van der Waals surface area contributed by atoms with Gasteiger partial charge in [-0.2, -0.15) is 11.8 Å². The zero-order valence-corrected chi connectivity index (χ0v) is 9.65. The Bertz CT molecular complexity index is 213. The van der Waals surface area contributed by atoms with Gasteiger partial charge in [-0.05, 0) is 30.3 Å². The average molecular weight is 230 g/mol. The molecule has 0 spiro atoms. The molecular formula is C10H18N2O2S. The zero-order chi connectivity index (χ0) is 10.5. The minimum Gasteiger partial charge on any atom is -0.379 e. The van der Waals surface area contributed by atoms with E-state index in [-0.39, 0.29) is 12.1 Å². The molecule has 15 heavy (non-hydrogen) atoms. The number of rotatable bonds is 3. The molecule has 2 atom stereocenters. The Morgan fingerprint density at radius 2 is 2.40 bits per heavy atom. The summed E-state index contributed by atoms with van der Waals surface area (Å²) in [6.07, 6.45) is 2.17. The Morgan fingerprint density at radius 1 is 1.47 bits per heavy atom. The van der Waals surface area contributed by atoms with Gasteiger partial charge >= 0.3 is 6.03 Å². The van der Waals surface area contributed by atoms with E-state index >= 15 is 0 Å². The van der Waals surface area contributed by atoms with Crippen LogP contribution in [0.4, 0.5) is 4.79 Å². The van der Waals surface area contributed by atoms with Crippen LogP contribution in [0.2, 0.25) is 0 Å². The van der Waals surface area contributed by atoms with E-state index in [2.05, 4.69) is 10.6 Å². The molecule has 0 radical (unpaired) electrons. The number of carbonyl (C=O) groups excluding carboxylic acids is 1. The van der Waals surface area contributed by atoms with E-state index in [1.54, 1.807) is 0 Å². The third-order valence-corrected chi connectivity index (χ3v) is 4.07. The fourth-order valence-corrected chi connectivity index (χ4v) is 3.15. The largest absolute Gasteiger partial charge is 0.379 e. The van der Waals surface area contributed by atoms with E-state index in [1.807, 2.05) is 11.8 Å². The Hall–Kier alpha value is -0.420. The fourth-order valence-electron chi connectivity index (χ4n) is 1.87. The molecule has 2 amide bonds. The van der Waals surface area contributed by atoms with E-state index < -0.39 is 0 Å². The van der Waals surface area contributed by atoms with Crippen LogP contribution in [-0.2, 0) is 4.74 Å². The zero-order valence-electron chi connectivity index (χ0n) is 8.83. The summed E-state index contributed by atoms with van der Waals surface area (Å²) in [5.41, 5.74) is 0. The summed E-state index contributed by atoms with van der Waals surface area (Å²) in [4.78, 5) is 11.5. The summed E-state index contributed by atoms with van der Waals surface area (Å²) in [6.45, 7) is 2.24. The van der Waals surface area contributed by atoms with Crippen LogP contribution in [0.15, 0.2) is 0 Å². The van der Waals surface area contributed by atoms with Gasteiger partial charge in [0.25, 0.3) is 0 Å². The first-order chi connectivity index (χ1) is 7.34. The molecule has 5 heteroatoms. The van der Waals surface area contributed by atoms with E-state index in [1.165, 1.54) is 17.9 Å². The summed E-state index contributed by atoms with van der Waals surface area (Å²) in [5.74, 6) is 3.10. The highest BCUT2D eigenvalue weighted by atomic mass is 32.2. The van der Waals surface area contributed by atoms with Gasteiger partial charge in [-0.3, -0.25) is 0 Å². The SMILES string of the molecule is O=C(NCC1CCSC1)NC1CCOC1. The van der Waals surface area contributed by atoms with Gasteiger partial charge in [0.05, 0.1) is 12.6 Å². The van der Waals surface area contributed by atoms with Crippen molar-refractivity contribution in [2.45, 2.75) is 18.9 Å². The van der Waals surface area contributed by atoms with Crippen molar-refractivity contribution < 1.29 is 9.53 Å². The number of amides is 2. The molecule has 0 bridgehead atoms. The second-order valence-corrected chi connectivity index (χ2v) is 5.29. The number of ether oxygens (including phenoxy) is 1. The molecular weight excluding hydrogens is 212 g/mol. The van der Waals surface area contributed by atoms with Gasteiger partial charge in [0.2, 0.25) is 0 Å². The van der Waals surface area contributed by atoms with Crippen LogP contribution < -0.4 is 10.6 Å². The van der Waals surface area contributed by atoms with Crippen LogP contribution in [0, 0.1) is 5.92 Å². The lowest BCUT2D eigenvalue weighted by atomic mass is 10.1. The number of thioether (sulfide) groups is 1. The van der Waals surface area contributed by atoms with Gasteiger partial charge in [-0.25, -0.2) is 4.79 Å². The molecule has 2 aliphatic rings. The molecule has 2 heterocycles. The number of carbonyl (C=O) groups is 1. The molecule has 2 fully saturated rings. The van der Waals surface area contributed by atoms with Gasteiger partial charge in [0, 0.05) is 13.2 Å². The molecule has 2 rings (SSSR count). The summed E-state index contributed by atoms with van der Waals surface area (Å²) in [7, 11) is 0. The highest BCUT2D eigenvalue weighted by Crippen LogP contribution is 2.22. The standard InChI is InChI=1S/C10H18N2O2S/c13-10(12-9-1-3-14-6-9)11-5-8-2-4-15-7-8/h8-9H,1-7H2,(H2,11,12,13). The van der Waals surface area contributed by atoms with Crippen molar-refractivity contribution in [2.75, 3.05) is 31.3 Å². The maximum absolute atomic E-state index is 11.5. The van der Waals surface area contributed by atoms with Crippen molar-refractivity contribution in [1.29, 1.82) is 0 Å². The minimum atomic E-state index is -0.0394. The molecule has 4 nitrogen and oxygen atoms in total. The van der Waals surface area contributed by atoms with Gasteiger partial charge in [-0.15, -0.1) is 0 Å². The van der Waals surface area contributed by atoms with Crippen molar-refractivity contribution in [1.82, 2.24) is 10.6 Å². The molecule has 2 aliphatic heterocycles. The molecule has 0 aromatic rings. The molecule has 2 unspecified atom stereocenters. The predicted molar refractivity (Wildman–Crippen MR) is 61.2 cm³/mol. The fraction of sp³-hybridized carbons (Fsp3) is 0.900. The van der Waals surface area contributed by atoms with Crippen molar-refractivity contribution >= 4 is 17.8 Å². The van der Waals surface area contributed by atoms with Crippen molar-refractivity contribution in [3.63, 3.8) is 0 Å². The summed E-state index contributed by atoms with van der Waals surface area (Å²) in [5, 5.41) is 5.85. The Labute approximate surface area is 94.5 Å². The molecule has 0 aliphatic carbocycles. The smallest absolute Gasteiger partial charge is 0.315 e. The summed E-state index contributed by atoms with van der Waals surface area (Å²) >= 11 is 1.98.